The molecule has 1 rings (SSSR count). The molecule has 1 atom stereocenters. The Morgan fingerprint density at radius 3 is 1.75 bits per heavy atom. The number of alkyl halides is 8. The number of aromatic nitrogens is 2. The molecule has 1 aromatic rings. The minimum absolute atomic E-state index is 0.593. The van der Waals surface area contributed by atoms with Crippen LogP contribution < -0.4 is 14.5 Å². The van der Waals surface area contributed by atoms with E-state index in [0.29, 0.717) is 0 Å². The number of halogens is 8. The number of hydrogen-bond donors (Lipinski definition) is 1. The van der Waals surface area contributed by atoms with Crippen molar-refractivity contribution < 1.29 is 49.7 Å². The summed E-state index contributed by atoms with van der Waals surface area (Å²) in [6.07, 6.45) is -5.15. The molecular weight excluding hydrogens is 362 g/mol. The summed E-state index contributed by atoms with van der Waals surface area (Å²) >= 11 is 0. The van der Waals surface area contributed by atoms with Gasteiger partial charge in [-0.2, -0.15) is 17.6 Å². The summed E-state index contributed by atoms with van der Waals surface area (Å²) in [4.78, 5) is 6.00. The van der Waals surface area contributed by atoms with Gasteiger partial charge in [0.25, 0.3) is 0 Å². The van der Waals surface area contributed by atoms with E-state index in [9.17, 15) is 40.3 Å². The quantitative estimate of drug-likeness (QED) is 0.448. The van der Waals surface area contributed by atoms with Crippen LogP contribution >= 0.6 is 0 Å². The number of nitrogens with zero attached hydrogens (tertiary/aromatic N) is 2. The number of hydrogen-bond acceptors (Lipinski definition) is 5. The third-order valence-electron chi connectivity index (χ3n) is 2.67. The number of quaternary nitrogens is 1. The number of nitrogens with one attached hydrogen (secondary N) is 1. The van der Waals surface area contributed by atoms with E-state index in [1.54, 1.807) is 0 Å². The number of methoxy groups -OCH3 is 2. The Kier molecular flexibility index (Phi) is 5.44. The molecule has 1 unspecified atom stereocenters. The third kappa shape index (κ3) is 3.15. The van der Waals surface area contributed by atoms with Crippen molar-refractivity contribution in [1.82, 2.24) is 9.97 Å². The maximum absolute atomic E-state index is 13.5. The fourth-order valence-corrected chi connectivity index (χ4v) is 1.34. The number of hydroxylamine groups is 1. The summed E-state index contributed by atoms with van der Waals surface area (Å²) in [5.41, 5.74) is 0. The Morgan fingerprint density at radius 2 is 1.42 bits per heavy atom. The topological polar surface area (TPSA) is 71.7 Å². The molecule has 0 aliphatic rings. The van der Waals surface area contributed by atoms with Crippen LogP contribution in [0.2, 0.25) is 0 Å². The molecule has 0 amide bonds. The van der Waals surface area contributed by atoms with E-state index in [4.69, 9.17) is 0 Å². The second-order valence-corrected chi connectivity index (χ2v) is 4.18. The Hall–Kier alpha value is -1.96. The summed E-state index contributed by atoms with van der Waals surface area (Å²) in [6, 6.07) is -5.37. The van der Waals surface area contributed by atoms with Crippen molar-refractivity contribution in [2.24, 2.45) is 0 Å². The van der Waals surface area contributed by atoms with Crippen LogP contribution in [0.4, 0.5) is 41.1 Å². The lowest BCUT2D eigenvalue weighted by molar-refractivity contribution is -0.909. The number of rotatable bonds is 7. The van der Waals surface area contributed by atoms with Gasteiger partial charge in [-0.05, 0) is 0 Å². The third-order valence-corrected chi connectivity index (χ3v) is 2.67. The van der Waals surface area contributed by atoms with Gasteiger partial charge in [-0.3, -0.25) is 0 Å². The first-order valence-corrected chi connectivity index (χ1v) is 5.76. The molecule has 1 N–H and O–H groups in total. The van der Waals surface area contributed by atoms with Gasteiger partial charge in [-0.15, -0.1) is 18.7 Å². The molecule has 0 saturated heterocycles. The van der Waals surface area contributed by atoms with Gasteiger partial charge in [0.1, 0.15) is 0 Å². The molecule has 138 valence electrons. The van der Waals surface area contributed by atoms with E-state index >= 15 is 0 Å². The SMILES string of the molecule is COc1cc(OC)nc([NH+]([O-])C(F)(F)C(F)(F)C(F)(F)C(F)F)n1. The van der Waals surface area contributed by atoms with Crippen LogP contribution in [0.25, 0.3) is 0 Å². The van der Waals surface area contributed by atoms with Crippen molar-refractivity contribution in [1.29, 1.82) is 0 Å². The summed E-state index contributed by atoms with van der Waals surface area (Å²) in [5.74, 6) is -16.0. The highest BCUT2D eigenvalue weighted by Crippen LogP contribution is 2.46. The summed E-state index contributed by atoms with van der Waals surface area (Å²) in [6.45, 7) is 0. The Bertz CT molecular complexity index is 564. The van der Waals surface area contributed by atoms with Crippen LogP contribution in [-0.4, -0.2) is 48.5 Å². The van der Waals surface area contributed by atoms with Crippen LogP contribution in [0.5, 0.6) is 11.8 Å². The summed E-state index contributed by atoms with van der Waals surface area (Å²) in [7, 11) is 1.90. The van der Waals surface area contributed by atoms with Gasteiger partial charge in [0.2, 0.25) is 11.8 Å². The molecule has 1 aromatic heterocycles. The van der Waals surface area contributed by atoms with Crippen LogP contribution in [0.3, 0.4) is 0 Å². The summed E-state index contributed by atoms with van der Waals surface area (Å²) < 4.78 is 112. The first-order valence-electron chi connectivity index (χ1n) is 5.76. The molecular formula is C10H9F8N3O3. The van der Waals surface area contributed by atoms with Gasteiger partial charge in [0.15, 0.2) is 0 Å². The average Bonchev–Trinajstić information content (AvgIpc) is 2.52. The number of ether oxygens (including phenoxy) is 2. The lowest BCUT2D eigenvalue weighted by Gasteiger charge is -2.36. The molecule has 0 radical (unpaired) electrons. The highest BCUT2D eigenvalue weighted by Gasteiger charge is 2.80. The van der Waals surface area contributed by atoms with Crippen LogP contribution in [0.15, 0.2) is 6.07 Å². The first kappa shape index (κ1) is 20.1. The lowest BCUT2D eigenvalue weighted by Crippen LogP contribution is -3.14. The van der Waals surface area contributed by atoms with Gasteiger partial charge < -0.3 is 14.7 Å². The molecule has 0 aliphatic heterocycles. The van der Waals surface area contributed by atoms with Gasteiger partial charge >= 0.3 is 30.3 Å². The minimum atomic E-state index is -6.70. The van der Waals surface area contributed by atoms with Gasteiger partial charge in [0.05, 0.1) is 20.3 Å². The second-order valence-electron chi connectivity index (χ2n) is 4.18. The predicted octanol–water partition coefficient (Wildman–Crippen LogP) is 1.64. The van der Waals surface area contributed by atoms with Crippen molar-refractivity contribution in [2.75, 3.05) is 14.2 Å². The minimum Gasteiger partial charge on any atom is -0.622 e. The van der Waals surface area contributed by atoms with Crippen molar-refractivity contribution in [2.45, 2.75) is 24.3 Å². The molecule has 0 aromatic carbocycles. The second kappa shape index (κ2) is 6.51. The predicted molar refractivity (Wildman–Crippen MR) is 60.0 cm³/mol. The Morgan fingerprint density at radius 1 is 1.00 bits per heavy atom. The van der Waals surface area contributed by atoms with Crippen molar-refractivity contribution >= 4 is 5.95 Å². The molecule has 0 saturated carbocycles. The van der Waals surface area contributed by atoms with E-state index < -0.39 is 47.1 Å². The summed E-state index contributed by atoms with van der Waals surface area (Å²) in [5, 5.41) is 8.47. The fraction of sp³-hybridized carbons (Fsp3) is 0.600. The Balaban J connectivity index is 3.37. The molecule has 0 bridgehead atoms. The molecule has 6 nitrogen and oxygen atoms in total. The van der Waals surface area contributed by atoms with Gasteiger partial charge in [0, 0.05) is 0 Å². The first-order chi connectivity index (χ1) is 10.8. The smallest absolute Gasteiger partial charge is 0.467 e. The molecule has 1 heterocycles. The van der Waals surface area contributed by atoms with Gasteiger partial charge in [-0.1, -0.05) is 0 Å². The van der Waals surface area contributed by atoms with Crippen LogP contribution in [0.1, 0.15) is 0 Å². The van der Waals surface area contributed by atoms with Gasteiger partial charge in [-0.25, -0.2) is 13.8 Å². The zero-order valence-electron chi connectivity index (χ0n) is 11.8. The van der Waals surface area contributed by atoms with E-state index in [1.165, 1.54) is 0 Å². The molecule has 0 fully saturated rings. The van der Waals surface area contributed by atoms with E-state index in [-0.39, 0.29) is 0 Å². The Labute approximate surface area is 128 Å². The zero-order valence-corrected chi connectivity index (χ0v) is 11.8. The highest BCUT2D eigenvalue weighted by molar-refractivity contribution is 5.25. The largest absolute Gasteiger partial charge is 0.622 e. The monoisotopic (exact) mass is 371 g/mol. The maximum Gasteiger partial charge on any atom is 0.467 e. The molecule has 24 heavy (non-hydrogen) atoms. The van der Waals surface area contributed by atoms with Crippen molar-refractivity contribution in [3.63, 3.8) is 0 Å². The van der Waals surface area contributed by atoms with E-state index in [2.05, 4.69) is 19.4 Å². The average molecular weight is 371 g/mol. The van der Waals surface area contributed by atoms with Crippen LogP contribution in [-0.2, 0) is 0 Å². The highest BCUT2D eigenvalue weighted by atomic mass is 19.4. The van der Waals surface area contributed by atoms with E-state index in [1.807, 2.05) is 0 Å². The van der Waals surface area contributed by atoms with Crippen molar-refractivity contribution in [3.05, 3.63) is 11.3 Å². The fourth-order valence-electron chi connectivity index (χ4n) is 1.34. The van der Waals surface area contributed by atoms with Crippen LogP contribution in [0, 0.1) is 5.21 Å². The molecule has 0 spiro atoms. The molecule has 0 aliphatic carbocycles. The lowest BCUT2D eigenvalue weighted by atomic mass is 10.1. The van der Waals surface area contributed by atoms with E-state index in [0.717, 1.165) is 20.3 Å². The standard InChI is InChI=1S/C10H9F8N3O3/c1-23-4-3-5(24-2)20-7(19-4)21(22)10(17,18)9(15,16)8(13,14)6(11)12/h3,6,21H,1-2H3. The normalized spacial score (nSPS) is 14.7. The molecule has 14 heteroatoms. The zero-order chi connectivity index (χ0) is 18.9. The van der Waals surface area contributed by atoms with Crippen molar-refractivity contribution in [3.8, 4) is 11.8 Å². The maximum atomic E-state index is 13.5.